The zero-order valence-electron chi connectivity index (χ0n) is 12.2. The van der Waals surface area contributed by atoms with Crippen LogP contribution in [0.4, 0.5) is 5.69 Å². The summed E-state index contributed by atoms with van der Waals surface area (Å²) in [4.78, 5) is 11.9. The number of nitrogens with one attached hydrogen (secondary N) is 1. The van der Waals surface area contributed by atoms with E-state index in [1.807, 2.05) is 50.4 Å². The van der Waals surface area contributed by atoms with Gasteiger partial charge < -0.3 is 11.1 Å². The summed E-state index contributed by atoms with van der Waals surface area (Å²) in [6.45, 7) is 4.32. The maximum absolute atomic E-state index is 11.9. The fourth-order valence-electron chi connectivity index (χ4n) is 1.78. The van der Waals surface area contributed by atoms with Crippen LogP contribution in [-0.4, -0.2) is 21.7 Å². The van der Waals surface area contributed by atoms with Gasteiger partial charge in [-0.05, 0) is 12.5 Å². The molecule has 0 aliphatic heterocycles. The lowest BCUT2D eigenvalue weighted by Crippen LogP contribution is -2.34. The van der Waals surface area contributed by atoms with Crippen LogP contribution in [0.5, 0.6) is 0 Å². The van der Waals surface area contributed by atoms with Crippen LogP contribution in [0.15, 0.2) is 42.7 Å². The summed E-state index contributed by atoms with van der Waals surface area (Å²) >= 11 is 0. The van der Waals surface area contributed by atoms with E-state index in [2.05, 4.69) is 10.4 Å². The van der Waals surface area contributed by atoms with E-state index in [0.29, 0.717) is 12.2 Å². The average Bonchev–Trinajstić information content (AvgIpc) is 2.86. The number of halogens is 1. The van der Waals surface area contributed by atoms with Crippen LogP contribution < -0.4 is 11.1 Å². The lowest BCUT2D eigenvalue weighted by atomic mass is 10.0. The third-order valence-corrected chi connectivity index (χ3v) is 3.29. The standard InChI is InChI=1S/C15H20N4O.ClH/c1-11(12(2)16)15(20)18-14-8-17-19(10-14)9-13-6-4-3-5-7-13;/h3-8,10-12H,9,16H2,1-2H3,(H,18,20);1H. The lowest BCUT2D eigenvalue weighted by Gasteiger charge is -2.14. The molecule has 2 unspecified atom stereocenters. The van der Waals surface area contributed by atoms with E-state index < -0.39 is 0 Å². The number of hydrogen-bond acceptors (Lipinski definition) is 3. The van der Waals surface area contributed by atoms with Crippen LogP contribution >= 0.6 is 12.4 Å². The van der Waals surface area contributed by atoms with Crippen molar-refractivity contribution in [1.82, 2.24) is 9.78 Å². The van der Waals surface area contributed by atoms with Crippen molar-refractivity contribution in [2.24, 2.45) is 11.7 Å². The summed E-state index contributed by atoms with van der Waals surface area (Å²) in [5.74, 6) is -0.313. The number of rotatable bonds is 5. The summed E-state index contributed by atoms with van der Waals surface area (Å²) in [6, 6.07) is 9.87. The molecular formula is C15H21ClN4O. The van der Waals surface area contributed by atoms with Crippen LogP contribution in [0.2, 0.25) is 0 Å². The molecule has 1 aromatic heterocycles. The average molecular weight is 309 g/mol. The highest BCUT2D eigenvalue weighted by molar-refractivity contribution is 5.92. The molecule has 6 heteroatoms. The van der Waals surface area contributed by atoms with Crippen LogP contribution in [0.3, 0.4) is 0 Å². The number of hydrogen-bond donors (Lipinski definition) is 2. The van der Waals surface area contributed by atoms with Crippen LogP contribution in [-0.2, 0) is 11.3 Å². The molecule has 0 bridgehead atoms. The Morgan fingerprint density at radius 1 is 1.33 bits per heavy atom. The van der Waals surface area contributed by atoms with Gasteiger partial charge in [0.25, 0.3) is 0 Å². The van der Waals surface area contributed by atoms with Crippen molar-refractivity contribution in [2.75, 3.05) is 5.32 Å². The number of carbonyl (C=O) groups excluding carboxylic acids is 1. The number of benzene rings is 1. The summed E-state index contributed by atoms with van der Waals surface area (Å²) in [6.07, 6.45) is 3.47. The first kappa shape index (κ1) is 17.2. The zero-order chi connectivity index (χ0) is 14.5. The molecule has 2 aromatic rings. The van der Waals surface area contributed by atoms with Gasteiger partial charge in [-0.25, -0.2) is 0 Å². The lowest BCUT2D eigenvalue weighted by molar-refractivity contribution is -0.119. The first-order chi connectivity index (χ1) is 9.56. The van der Waals surface area contributed by atoms with Crippen molar-refractivity contribution < 1.29 is 4.79 Å². The Bertz CT molecular complexity index is 568. The molecule has 2 atom stereocenters. The third-order valence-electron chi connectivity index (χ3n) is 3.29. The van der Waals surface area contributed by atoms with Gasteiger partial charge in [-0.3, -0.25) is 9.48 Å². The highest BCUT2D eigenvalue weighted by atomic mass is 35.5. The maximum Gasteiger partial charge on any atom is 0.228 e. The number of carbonyl (C=O) groups is 1. The van der Waals surface area contributed by atoms with Gasteiger partial charge in [0.05, 0.1) is 24.3 Å². The smallest absolute Gasteiger partial charge is 0.228 e. The van der Waals surface area contributed by atoms with Crippen molar-refractivity contribution in [3.05, 3.63) is 48.3 Å². The Morgan fingerprint density at radius 3 is 2.62 bits per heavy atom. The van der Waals surface area contributed by atoms with Crippen molar-refractivity contribution in [1.29, 1.82) is 0 Å². The van der Waals surface area contributed by atoms with Crippen molar-refractivity contribution in [3.63, 3.8) is 0 Å². The topological polar surface area (TPSA) is 72.9 Å². The van der Waals surface area contributed by atoms with Gasteiger partial charge in [0.15, 0.2) is 0 Å². The molecule has 0 aliphatic rings. The maximum atomic E-state index is 11.9. The molecule has 0 saturated carbocycles. The molecule has 3 N–H and O–H groups in total. The van der Waals surface area contributed by atoms with E-state index in [1.165, 1.54) is 0 Å². The molecule has 21 heavy (non-hydrogen) atoms. The third kappa shape index (κ3) is 4.88. The number of nitrogens with two attached hydrogens (primary N) is 1. The number of aromatic nitrogens is 2. The fraction of sp³-hybridized carbons (Fsp3) is 0.333. The number of amides is 1. The van der Waals surface area contributed by atoms with E-state index >= 15 is 0 Å². The molecule has 114 valence electrons. The predicted molar refractivity (Wildman–Crippen MR) is 86.5 cm³/mol. The molecule has 1 aromatic carbocycles. The number of nitrogens with zero attached hydrogens (tertiary/aromatic N) is 2. The second kappa shape index (κ2) is 7.81. The molecule has 1 amide bonds. The predicted octanol–water partition coefficient (Wildman–Crippen LogP) is 2.27. The van der Waals surface area contributed by atoms with Gasteiger partial charge in [-0.1, -0.05) is 37.3 Å². The monoisotopic (exact) mass is 308 g/mol. The Morgan fingerprint density at radius 2 is 2.00 bits per heavy atom. The zero-order valence-corrected chi connectivity index (χ0v) is 13.0. The molecule has 5 nitrogen and oxygen atoms in total. The normalized spacial score (nSPS) is 13.1. The van der Waals surface area contributed by atoms with Crippen molar-refractivity contribution >= 4 is 24.0 Å². The minimum Gasteiger partial charge on any atom is -0.327 e. The second-order valence-corrected chi connectivity index (χ2v) is 5.05. The Labute approximate surface area is 130 Å². The van der Waals surface area contributed by atoms with Crippen LogP contribution in [0, 0.1) is 5.92 Å². The Hall–Kier alpha value is -1.85. The van der Waals surface area contributed by atoms with E-state index in [-0.39, 0.29) is 30.3 Å². The fourth-order valence-corrected chi connectivity index (χ4v) is 1.78. The first-order valence-electron chi connectivity index (χ1n) is 6.69. The van der Waals surface area contributed by atoms with Gasteiger partial charge in [-0.2, -0.15) is 5.10 Å². The van der Waals surface area contributed by atoms with E-state index in [9.17, 15) is 4.79 Å². The second-order valence-electron chi connectivity index (χ2n) is 5.05. The first-order valence-corrected chi connectivity index (χ1v) is 6.69. The highest BCUT2D eigenvalue weighted by Gasteiger charge is 2.17. The molecule has 0 fully saturated rings. The Kier molecular flexibility index (Phi) is 6.39. The summed E-state index contributed by atoms with van der Waals surface area (Å²) in [7, 11) is 0. The SMILES string of the molecule is CC(N)C(C)C(=O)Nc1cnn(Cc2ccccc2)c1.Cl. The van der Waals surface area contributed by atoms with Crippen molar-refractivity contribution in [3.8, 4) is 0 Å². The largest absolute Gasteiger partial charge is 0.327 e. The minimum absolute atomic E-state index is 0. The van der Waals surface area contributed by atoms with Crippen molar-refractivity contribution in [2.45, 2.75) is 26.4 Å². The quantitative estimate of drug-likeness (QED) is 0.890. The molecule has 0 spiro atoms. The van der Waals surface area contributed by atoms with E-state index in [4.69, 9.17) is 5.73 Å². The molecule has 0 aliphatic carbocycles. The molecule has 2 rings (SSSR count). The minimum atomic E-state index is -0.229. The van der Waals surface area contributed by atoms with Gasteiger partial charge in [0.1, 0.15) is 0 Å². The highest BCUT2D eigenvalue weighted by Crippen LogP contribution is 2.10. The summed E-state index contributed by atoms with van der Waals surface area (Å²) in [5.41, 5.74) is 7.57. The van der Waals surface area contributed by atoms with E-state index in [1.54, 1.807) is 10.9 Å². The number of anilines is 1. The van der Waals surface area contributed by atoms with Gasteiger partial charge in [0.2, 0.25) is 5.91 Å². The van der Waals surface area contributed by atoms with Gasteiger partial charge in [-0.15, -0.1) is 12.4 Å². The van der Waals surface area contributed by atoms with E-state index in [0.717, 1.165) is 5.56 Å². The molecule has 1 heterocycles. The van der Waals surface area contributed by atoms with Gasteiger partial charge >= 0.3 is 0 Å². The van der Waals surface area contributed by atoms with Gasteiger partial charge in [0, 0.05) is 12.2 Å². The summed E-state index contributed by atoms with van der Waals surface area (Å²) in [5, 5.41) is 7.07. The summed E-state index contributed by atoms with van der Waals surface area (Å²) < 4.78 is 1.79. The van der Waals surface area contributed by atoms with Crippen LogP contribution in [0.1, 0.15) is 19.4 Å². The molecular weight excluding hydrogens is 288 g/mol. The molecule has 0 radical (unpaired) electrons. The molecule has 0 saturated heterocycles. The Balaban J connectivity index is 0.00000220. The van der Waals surface area contributed by atoms with Crippen LogP contribution in [0.25, 0.3) is 0 Å².